The van der Waals surface area contributed by atoms with Crippen molar-refractivity contribution in [3.63, 3.8) is 0 Å². The molecule has 0 bridgehead atoms. The molecule has 1 fully saturated rings. The molecule has 2 amide bonds. The predicted molar refractivity (Wildman–Crippen MR) is 128 cm³/mol. The largest absolute Gasteiger partial charge is 0.494 e. The third kappa shape index (κ3) is 5.10. The first-order valence-electron chi connectivity index (χ1n) is 11.5. The van der Waals surface area contributed by atoms with E-state index in [1.165, 1.54) is 4.90 Å². The van der Waals surface area contributed by atoms with Gasteiger partial charge in [-0.05, 0) is 44.0 Å². The monoisotopic (exact) mass is 449 g/mol. The topological polar surface area (TPSA) is 71.1 Å². The molecule has 2 heterocycles. The quantitative estimate of drug-likeness (QED) is 0.624. The van der Waals surface area contributed by atoms with E-state index < -0.39 is 0 Å². The minimum atomic E-state index is -0.301. The smallest absolute Gasteiger partial charge is 0.278 e. The highest BCUT2D eigenvalue weighted by atomic mass is 16.5. The molecule has 4 rings (SSSR count). The molecule has 2 aromatic carbocycles. The first kappa shape index (κ1) is 23.0. The van der Waals surface area contributed by atoms with Crippen LogP contribution in [-0.2, 0) is 14.3 Å². The number of ether oxygens (including phenoxy) is 2. The standard InChI is InChI=1S/C26H31N3O4/c1-4-33-21-7-5-6-20(17-21)27-24-23(22-9-8-18(2)16-19(22)3)25(30)29(26(24)31)11-10-28-12-14-32-15-13-28/h5-9,16-17,27H,4,10-15H2,1-3H3. The van der Waals surface area contributed by atoms with E-state index in [2.05, 4.69) is 10.2 Å². The van der Waals surface area contributed by atoms with Gasteiger partial charge in [-0.2, -0.15) is 0 Å². The SMILES string of the molecule is CCOc1cccc(NC2=C(c3ccc(C)cc3C)C(=O)N(CCN3CCOCC3)C2=O)c1. The van der Waals surface area contributed by atoms with Gasteiger partial charge in [-0.15, -0.1) is 0 Å². The Balaban J connectivity index is 1.65. The molecule has 2 aliphatic heterocycles. The van der Waals surface area contributed by atoms with Crippen LogP contribution in [0, 0.1) is 13.8 Å². The van der Waals surface area contributed by atoms with Gasteiger partial charge in [-0.1, -0.05) is 29.8 Å². The van der Waals surface area contributed by atoms with Crippen LogP contribution in [-0.4, -0.2) is 67.6 Å². The fourth-order valence-corrected chi connectivity index (χ4v) is 4.28. The molecule has 0 unspecified atom stereocenters. The van der Waals surface area contributed by atoms with Crippen LogP contribution in [0.1, 0.15) is 23.6 Å². The summed E-state index contributed by atoms with van der Waals surface area (Å²) >= 11 is 0. The van der Waals surface area contributed by atoms with Crippen molar-refractivity contribution in [2.75, 3.05) is 51.3 Å². The summed E-state index contributed by atoms with van der Waals surface area (Å²) in [6.07, 6.45) is 0. The molecule has 2 aliphatic rings. The van der Waals surface area contributed by atoms with Gasteiger partial charge in [0, 0.05) is 37.9 Å². The van der Waals surface area contributed by atoms with Gasteiger partial charge in [-0.25, -0.2) is 0 Å². The van der Waals surface area contributed by atoms with Gasteiger partial charge >= 0.3 is 0 Å². The summed E-state index contributed by atoms with van der Waals surface area (Å²) in [5.74, 6) is 0.144. The summed E-state index contributed by atoms with van der Waals surface area (Å²) in [7, 11) is 0. The molecule has 7 heteroatoms. The Hall–Kier alpha value is -3.16. The summed E-state index contributed by atoms with van der Waals surface area (Å²) < 4.78 is 11.0. The second-order valence-corrected chi connectivity index (χ2v) is 8.37. The fraction of sp³-hybridized carbons (Fsp3) is 0.385. The first-order valence-corrected chi connectivity index (χ1v) is 11.5. The molecular formula is C26H31N3O4. The lowest BCUT2D eigenvalue weighted by atomic mass is 9.97. The van der Waals surface area contributed by atoms with Crippen molar-refractivity contribution in [1.82, 2.24) is 9.80 Å². The zero-order valence-corrected chi connectivity index (χ0v) is 19.5. The third-order valence-corrected chi connectivity index (χ3v) is 5.98. The van der Waals surface area contributed by atoms with Crippen molar-refractivity contribution < 1.29 is 19.1 Å². The van der Waals surface area contributed by atoms with E-state index in [0.29, 0.717) is 55.6 Å². The zero-order chi connectivity index (χ0) is 23.4. The number of benzene rings is 2. The number of carbonyl (C=O) groups is 2. The Bertz CT molecular complexity index is 1070. The van der Waals surface area contributed by atoms with Crippen molar-refractivity contribution >= 4 is 23.1 Å². The summed E-state index contributed by atoms with van der Waals surface area (Å²) in [5.41, 5.74) is 4.27. The van der Waals surface area contributed by atoms with Crippen molar-refractivity contribution in [3.8, 4) is 5.75 Å². The van der Waals surface area contributed by atoms with Gasteiger partial charge in [0.1, 0.15) is 11.4 Å². The Morgan fingerprint density at radius 3 is 2.52 bits per heavy atom. The molecule has 33 heavy (non-hydrogen) atoms. The Kier molecular flexibility index (Phi) is 7.11. The summed E-state index contributed by atoms with van der Waals surface area (Å²) in [6.45, 7) is 10.4. The summed E-state index contributed by atoms with van der Waals surface area (Å²) in [5, 5.41) is 3.23. The Morgan fingerprint density at radius 1 is 1.00 bits per heavy atom. The van der Waals surface area contributed by atoms with Crippen molar-refractivity contribution in [2.24, 2.45) is 0 Å². The van der Waals surface area contributed by atoms with Gasteiger partial charge in [0.15, 0.2) is 0 Å². The van der Waals surface area contributed by atoms with Crippen LogP contribution in [0.4, 0.5) is 5.69 Å². The summed E-state index contributed by atoms with van der Waals surface area (Å²) in [4.78, 5) is 30.6. The van der Waals surface area contributed by atoms with E-state index in [0.717, 1.165) is 29.8 Å². The molecule has 2 aromatic rings. The number of morpholine rings is 1. The maximum Gasteiger partial charge on any atom is 0.278 e. The number of aryl methyl sites for hydroxylation is 2. The molecule has 0 atom stereocenters. The lowest BCUT2D eigenvalue weighted by molar-refractivity contribution is -0.137. The van der Waals surface area contributed by atoms with E-state index in [1.807, 2.05) is 63.2 Å². The molecule has 0 spiro atoms. The highest BCUT2D eigenvalue weighted by Crippen LogP contribution is 2.33. The fourth-order valence-electron chi connectivity index (χ4n) is 4.28. The molecular weight excluding hydrogens is 418 g/mol. The van der Waals surface area contributed by atoms with Crippen molar-refractivity contribution in [1.29, 1.82) is 0 Å². The van der Waals surface area contributed by atoms with Gasteiger partial charge in [0.2, 0.25) is 0 Å². The summed E-state index contributed by atoms with van der Waals surface area (Å²) in [6, 6.07) is 13.4. The second kappa shape index (κ2) is 10.2. The van der Waals surface area contributed by atoms with E-state index in [-0.39, 0.29) is 11.8 Å². The van der Waals surface area contributed by atoms with Crippen LogP contribution in [0.15, 0.2) is 48.2 Å². The number of rotatable bonds is 8. The Morgan fingerprint density at radius 2 is 1.79 bits per heavy atom. The minimum absolute atomic E-state index is 0.260. The minimum Gasteiger partial charge on any atom is -0.494 e. The highest BCUT2D eigenvalue weighted by Gasteiger charge is 2.39. The van der Waals surface area contributed by atoms with Crippen LogP contribution >= 0.6 is 0 Å². The average Bonchev–Trinajstić information content (AvgIpc) is 3.03. The maximum atomic E-state index is 13.5. The number of imide groups is 1. The lowest BCUT2D eigenvalue weighted by Gasteiger charge is -2.28. The first-order chi connectivity index (χ1) is 16.0. The van der Waals surface area contributed by atoms with Crippen LogP contribution in [0.3, 0.4) is 0 Å². The van der Waals surface area contributed by atoms with Gasteiger partial charge in [-0.3, -0.25) is 19.4 Å². The molecule has 174 valence electrons. The maximum absolute atomic E-state index is 13.5. The van der Waals surface area contributed by atoms with Crippen LogP contribution in [0.5, 0.6) is 5.75 Å². The van der Waals surface area contributed by atoms with E-state index in [4.69, 9.17) is 9.47 Å². The van der Waals surface area contributed by atoms with Gasteiger partial charge < -0.3 is 14.8 Å². The number of nitrogens with zero attached hydrogens (tertiary/aromatic N) is 2. The van der Waals surface area contributed by atoms with Gasteiger partial charge in [0.05, 0.1) is 25.4 Å². The van der Waals surface area contributed by atoms with E-state index in [9.17, 15) is 9.59 Å². The molecule has 0 saturated carbocycles. The number of amides is 2. The number of anilines is 1. The molecule has 0 aliphatic carbocycles. The number of carbonyl (C=O) groups excluding carboxylic acids is 2. The van der Waals surface area contributed by atoms with Gasteiger partial charge in [0.25, 0.3) is 11.8 Å². The van der Waals surface area contributed by atoms with Crippen LogP contribution in [0.2, 0.25) is 0 Å². The zero-order valence-electron chi connectivity index (χ0n) is 19.5. The Labute approximate surface area is 195 Å². The number of nitrogens with one attached hydrogen (secondary N) is 1. The van der Waals surface area contributed by atoms with E-state index >= 15 is 0 Å². The lowest BCUT2D eigenvalue weighted by Crippen LogP contribution is -2.43. The average molecular weight is 450 g/mol. The second-order valence-electron chi connectivity index (χ2n) is 8.37. The van der Waals surface area contributed by atoms with Crippen LogP contribution in [0.25, 0.3) is 5.57 Å². The van der Waals surface area contributed by atoms with Crippen LogP contribution < -0.4 is 10.1 Å². The third-order valence-electron chi connectivity index (χ3n) is 5.98. The normalized spacial score (nSPS) is 17.1. The molecule has 1 N–H and O–H groups in total. The van der Waals surface area contributed by atoms with Crippen molar-refractivity contribution in [2.45, 2.75) is 20.8 Å². The predicted octanol–water partition coefficient (Wildman–Crippen LogP) is 3.23. The van der Waals surface area contributed by atoms with Crippen molar-refractivity contribution in [3.05, 3.63) is 64.9 Å². The number of hydrogen-bond donors (Lipinski definition) is 1. The van der Waals surface area contributed by atoms with E-state index in [1.54, 1.807) is 0 Å². The highest BCUT2D eigenvalue weighted by molar-refractivity contribution is 6.36. The molecule has 7 nitrogen and oxygen atoms in total. The molecule has 0 radical (unpaired) electrons. The molecule has 0 aromatic heterocycles. The molecule has 1 saturated heterocycles. The number of hydrogen-bond acceptors (Lipinski definition) is 6.